The average Bonchev–Trinajstić information content (AvgIpc) is 2.17. The van der Waals surface area contributed by atoms with Gasteiger partial charge in [-0.05, 0) is 17.7 Å². The summed E-state index contributed by atoms with van der Waals surface area (Å²) in [6.07, 6.45) is -3.89. The molecule has 1 aromatic carbocycles. The largest absolute Gasteiger partial charge is 0.481 e. The van der Waals surface area contributed by atoms with E-state index in [9.17, 15) is 18.0 Å². The Labute approximate surface area is 94.2 Å². The molecule has 0 radical (unpaired) electrons. The zero-order valence-corrected chi connectivity index (χ0v) is 8.41. The van der Waals surface area contributed by atoms with Crippen LogP contribution < -0.4 is 0 Å². The van der Waals surface area contributed by atoms with E-state index < -0.39 is 17.7 Å². The molecule has 0 amide bonds. The zero-order chi connectivity index (χ0) is 13.5. The minimum absolute atomic E-state index is 0.266. The first-order chi connectivity index (χ1) is 7.81. The Morgan fingerprint density at radius 1 is 1.29 bits per heavy atom. The van der Waals surface area contributed by atoms with Crippen molar-refractivity contribution >= 4 is 12.0 Å². The van der Waals surface area contributed by atoms with Crippen LogP contribution >= 0.6 is 0 Å². The van der Waals surface area contributed by atoms with Gasteiger partial charge in [0, 0.05) is 0 Å². The number of isocyanates is 1. The minimum Gasteiger partial charge on any atom is -0.481 e. The molecule has 7 heteroatoms. The van der Waals surface area contributed by atoms with Crippen molar-refractivity contribution in [2.75, 3.05) is 0 Å². The van der Waals surface area contributed by atoms with Crippen molar-refractivity contribution in [1.82, 2.24) is 0 Å². The molecule has 0 aliphatic heterocycles. The van der Waals surface area contributed by atoms with Crippen molar-refractivity contribution in [3.8, 4) is 0 Å². The van der Waals surface area contributed by atoms with Crippen LogP contribution in [0.5, 0.6) is 0 Å². The molecule has 0 aliphatic rings. The molecule has 0 heterocycles. The molecule has 0 aromatic heterocycles. The van der Waals surface area contributed by atoms with E-state index in [-0.39, 0.29) is 6.42 Å². The minimum atomic E-state index is -4.37. The fraction of sp³-hybridized carbons (Fsp3) is 0.200. The average molecular weight is 247 g/mol. The summed E-state index contributed by atoms with van der Waals surface area (Å²) >= 11 is 0. The van der Waals surface area contributed by atoms with Crippen LogP contribution in [0.25, 0.3) is 0 Å². The number of carboxylic acid groups (broad SMARTS) is 1. The van der Waals surface area contributed by atoms with Crippen LogP contribution in [0.1, 0.15) is 11.1 Å². The van der Waals surface area contributed by atoms with Crippen LogP contribution in [0.3, 0.4) is 0 Å². The van der Waals surface area contributed by atoms with Crippen molar-refractivity contribution in [1.29, 1.82) is 5.41 Å². The Morgan fingerprint density at radius 3 is 2.00 bits per heavy atom. The smallest absolute Gasteiger partial charge is 0.416 e. The summed E-state index contributed by atoms with van der Waals surface area (Å²) in [5.74, 6) is -1.07. The Balaban J connectivity index is 0.000000770. The number of halogens is 3. The number of carboxylic acids is 1. The summed E-state index contributed by atoms with van der Waals surface area (Å²) in [5, 5.41) is 13.8. The van der Waals surface area contributed by atoms with E-state index >= 15 is 0 Å². The van der Waals surface area contributed by atoms with Gasteiger partial charge in [0.2, 0.25) is 6.08 Å². The number of hydrogen-bond donors (Lipinski definition) is 2. The first kappa shape index (κ1) is 14.9. The standard InChI is InChI=1S/C9H7F3O2.CHNO/c10-9(11,12)7-3-1-6(2-4-7)5-8(13)14;2-1-3/h1-4H,5H2,(H,13,14);2H. The van der Waals surface area contributed by atoms with Gasteiger partial charge < -0.3 is 5.11 Å². The number of alkyl halides is 3. The maximum atomic E-state index is 12.1. The van der Waals surface area contributed by atoms with Crippen LogP contribution in [-0.4, -0.2) is 17.2 Å². The monoisotopic (exact) mass is 247 g/mol. The molecule has 0 fully saturated rings. The molecular formula is C10H8F3NO3. The predicted octanol–water partition coefficient (Wildman–Crippen LogP) is 2.23. The van der Waals surface area contributed by atoms with Gasteiger partial charge in [0.1, 0.15) is 0 Å². The molecule has 0 spiro atoms. The molecule has 2 N–H and O–H groups in total. The molecule has 0 unspecified atom stereocenters. The van der Waals surface area contributed by atoms with Gasteiger partial charge >= 0.3 is 12.1 Å². The molecule has 0 saturated heterocycles. The van der Waals surface area contributed by atoms with E-state index in [0.717, 1.165) is 30.3 Å². The number of aliphatic carboxylic acids is 1. The fourth-order valence-electron chi connectivity index (χ4n) is 0.986. The summed E-state index contributed by atoms with van der Waals surface area (Å²) in [7, 11) is 0. The highest BCUT2D eigenvalue weighted by Gasteiger charge is 2.29. The first-order valence-corrected chi connectivity index (χ1v) is 4.23. The topological polar surface area (TPSA) is 78.2 Å². The second-order valence-corrected chi connectivity index (χ2v) is 2.87. The maximum Gasteiger partial charge on any atom is 0.416 e. The van der Waals surface area contributed by atoms with Crippen molar-refractivity contribution in [3.05, 3.63) is 35.4 Å². The Bertz CT molecular complexity index is 406. The second kappa shape index (κ2) is 6.44. The fourth-order valence-corrected chi connectivity index (χ4v) is 0.986. The Hall–Kier alpha value is -2.14. The van der Waals surface area contributed by atoms with Gasteiger partial charge in [0.05, 0.1) is 12.0 Å². The van der Waals surface area contributed by atoms with Crippen molar-refractivity contribution in [2.24, 2.45) is 0 Å². The summed E-state index contributed by atoms with van der Waals surface area (Å²) in [6.45, 7) is 0. The quantitative estimate of drug-likeness (QED) is 0.621. The van der Waals surface area contributed by atoms with E-state index in [4.69, 9.17) is 15.3 Å². The molecule has 4 nitrogen and oxygen atoms in total. The molecular weight excluding hydrogens is 239 g/mol. The Kier molecular flexibility index (Phi) is 5.63. The van der Waals surface area contributed by atoms with Crippen LogP contribution in [-0.2, 0) is 22.2 Å². The highest BCUT2D eigenvalue weighted by Crippen LogP contribution is 2.29. The van der Waals surface area contributed by atoms with E-state index in [2.05, 4.69) is 0 Å². The number of benzene rings is 1. The van der Waals surface area contributed by atoms with E-state index in [1.807, 2.05) is 0 Å². The van der Waals surface area contributed by atoms with E-state index in [1.165, 1.54) is 0 Å². The SMILES string of the molecule is N=C=O.O=C(O)Cc1ccc(C(F)(F)F)cc1. The van der Waals surface area contributed by atoms with Gasteiger partial charge in [-0.3, -0.25) is 4.79 Å². The normalized spacial score (nSPS) is 9.82. The van der Waals surface area contributed by atoms with Gasteiger partial charge in [0.15, 0.2) is 0 Å². The van der Waals surface area contributed by atoms with Gasteiger partial charge in [0.25, 0.3) is 0 Å². The van der Waals surface area contributed by atoms with Crippen LogP contribution in [0, 0.1) is 5.41 Å². The third-order valence-corrected chi connectivity index (χ3v) is 1.64. The lowest BCUT2D eigenvalue weighted by molar-refractivity contribution is -0.137. The number of carbonyl (C=O) groups excluding carboxylic acids is 1. The third kappa shape index (κ3) is 6.11. The number of carbonyl (C=O) groups is 1. The molecule has 1 aromatic rings. The van der Waals surface area contributed by atoms with Crippen LogP contribution in [0.4, 0.5) is 13.2 Å². The van der Waals surface area contributed by atoms with Gasteiger partial charge in [-0.25, -0.2) is 10.2 Å². The van der Waals surface area contributed by atoms with Crippen molar-refractivity contribution in [3.63, 3.8) is 0 Å². The lowest BCUT2D eigenvalue weighted by Crippen LogP contribution is -2.05. The number of hydrogen-bond acceptors (Lipinski definition) is 3. The highest BCUT2D eigenvalue weighted by molar-refractivity contribution is 5.70. The van der Waals surface area contributed by atoms with Gasteiger partial charge in [-0.1, -0.05) is 12.1 Å². The number of nitrogens with one attached hydrogen (secondary N) is 1. The molecule has 0 bridgehead atoms. The molecule has 0 saturated carbocycles. The lowest BCUT2D eigenvalue weighted by Gasteiger charge is -2.06. The third-order valence-electron chi connectivity index (χ3n) is 1.64. The van der Waals surface area contributed by atoms with Crippen LogP contribution in [0.15, 0.2) is 24.3 Å². The van der Waals surface area contributed by atoms with E-state index in [1.54, 1.807) is 0 Å². The predicted molar refractivity (Wildman–Crippen MR) is 51.2 cm³/mol. The summed E-state index contributed by atoms with van der Waals surface area (Å²) in [6, 6.07) is 4.07. The maximum absolute atomic E-state index is 12.1. The van der Waals surface area contributed by atoms with Crippen molar-refractivity contribution in [2.45, 2.75) is 12.6 Å². The highest BCUT2D eigenvalue weighted by atomic mass is 19.4. The lowest BCUT2D eigenvalue weighted by atomic mass is 10.1. The van der Waals surface area contributed by atoms with Gasteiger partial charge in [-0.15, -0.1) is 0 Å². The van der Waals surface area contributed by atoms with Gasteiger partial charge in [-0.2, -0.15) is 13.2 Å². The van der Waals surface area contributed by atoms with Crippen LogP contribution in [0.2, 0.25) is 0 Å². The molecule has 92 valence electrons. The second-order valence-electron chi connectivity index (χ2n) is 2.87. The first-order valence-electron chi connectivity index (χ1n) is 4.23. The summed E-state index contributed by atoms with van der Waals surface area (Å²) in [5.41, 5.74) is -0.419. The Morgan fingerprint density at radius 2 is 1.71 bits per heavy atom. The van der Waals surface area contributed by atoms with E-state index in [0.29, 0.717) is 5.56 Å². The van der Waals surface area contributed by atoms with Crippen molar-refractivity contribution < 1.29 is 27.9 Å². The molecule has 1 rings (SSSR count). The molecule has 0 atom stereocenters. The molecule has 17 heavy (non-hydrogen) atoms. The molecule has 0 aliphatic carbocycles. The summed E-state index contributed by atoms with van der Waals surface area (Å²) in [4.78, 5) is 18.6. The summed E-state index contributed by atoms with van der Waals surface area (Å²) < 4.78 is 36.2. The zero-order valence-electron chi connectivity index (χ0n) is 8.41. The number of rotatable bonds is 2.